The Morgan fingerprint density at radius 2 is 2.13 bits per heavy atom. The van der Waals surface area contributed by atoms with E-state index in [1.807, 2.05) is 24.7 Å². The van der Waals surface area contributed by atoms with Crippen LogP contribution in [0.2, 0.25) is 0 Å². The Hall–Kier alpha value is -1.91. The Bertz CT molecular complexity index is 449. The third kappa shape index (κ3) is 2.12. The lowest BCUT2D eigenvalue weighted by atomic mass is 10.4. The third-order valence-corrected chi connectivity index (χ3v) is 2.10. The van der Waals surface area contributed by atoms with Gasteiger partial charge in [-0.05, 0) is 13.8 Å². The first-order valence-electron chi connectivity index (χ1n) is 4.86. The summed E-state index contributed by atoms with van der Waals surface area (Å²) in [5.74, 6) is 0.771. The number of hydrogen-bond acceptors (Lipinski definition) is 4. The van der Waals surface area contributed by atoms with Crippen LogP contribution in [-0.4, -0.2) is 19.7 Å². The molecular formula is C10H13N5. The Morgan fingerprint density at radius 3 is 2.80 bits per heavy atom. The fourth-order valence-corrected chi connectivity index (χ4v) is 1.27. The second-order valence-electron chi connectivity index (χ2n) is 3.20. The first-order chi connectivity index (χ1) is 7.29. The molecule has 0 aliphatic heterocycles. The van der Waals surface area contributed by atoms with Gasteiger partial charge in [0.2, 0.25) is 0 Å². The van der Waals surface area contributed by atoms with Gasteiger partial charge in [-0.2, -0.15) is 5.10 Å². The zero-order valence-corrected chi connectivity index (χ0v) is 8.81. The van der Waals surface area contributed by atoms with Crippen molar-refractivity contribution in [3.63, 3.8) is 0 Å². The van der Waals surface area contributed by atoms with E-state index in [2.05, 4.69) is 20.4 Å². The highest BCUT2D eigenvalue weighted by molar-refractivity contribution is 5.55. The largest absolute Gasteiger partial charge is 0.336 e. The summed E-state index contributed by atoms with van der Waals surface area (Å²) in [6, 6.07) is 0. The lowest BCUT2D eigenvalue weighted by Crippen LogP contribution is -1.97. The van der Waals surface area contributed by atoms with Gasteiger partial charge in [-0.1, -0.05) is 0 Å². The molecule has 0 fully saturated rings. The van der Waals surface area contributed by atoms with Crippen LogP contribution in [0.25, 0.3) is 0 Å². The van der Waals surface area contributed by atoms with E-state index in [0.717, 1.165) is 23.7 Å². The Balaban J connectivity index is 2.18. The topological polar surface area (TPSA) is 55.6 Å². The van der Waals surface area contributed by atoms with Gasteiger partial charge in [-0.25, -0.2) is 4.98 Å². The molecule has 0 unspecified atom stereocenters. The molecule has 15 heavy (non-hydrogen) atoms. The first kappa shape index (κ1) is 9.64. The summed E-state index contributed by atoms with van der Waals surface area (Å²) in [7, 11) is 0. The molecule has 78 valence electrons. The highest BCUT2D eigenvalue weighted by Crippen LogP contribution is 2.14. The van der Waals surface area contributed by atoms with Crippen molar-refractivity contribution in [3.8, 4) is 0 Å². The Morgan fingerprint density at radius 1 is 1.33 bits per heavy atom. The van der Waals surface area contributed by atoms with Gasteiger partial charge < -0.3 is 5.32 Å². The van der Waals surface area contributed by atoms with Crippen molar-refractivity contribution in [2.75, 3.05) is 5.32 Å². The lowest BCUT2D eigenvalue weighted by molar-refractivity contribution is 0.660. The number of rotatable bonds is 3. The van der Waals surface area contributed by atoms with Gasteiger partial charge in [0.25, 0.3) is 0 Å². The highest BCUT2D eigenvalue weighted by atomic mass is 15.3. The molecule has 5 heteroatoms. The molecule has 0 saturated heterocycles. The number of anilines is 2. The maximum Gasteiger partial charge on any atom is 0.151 e. The zero-order valence-electron chi connectivity index (χ0n) is 8.81. The van der Waals surface area contributed by atoms with E-state index in [4.69, 9.17) is 0 Å². The predicted molar refractivity (Wildman–Crippen MR) is 58.0 cm³/mol. The van der Waals surface area contributed by atoms with Gasteiger partial charge in [0.15, 0.2) is 5.82 Å². The summed E-state index contributed by atoms with van der Waals surface area (Å²) in [6.45, 7) is 4.82. The van der Waals surface area contributed by atoms with Gasteiger partial charge in [0.05, 0.1) is 17.6 Å². The monoisotopic (exact) mass is 203 g/mol. The van der Waals surface area contributed by atoms with Gasteiger partial charge in [0, 0.05) is 25.1 Å². The van der Waals surface area contributed by atoms with Crippen LogP contribution in [0.3, 0.4) is 0 Å². The Labute approximate surface area is 88.2 Å². The molecule has 2 rings (SSSR count). The molecule has 2 aromatic heterocycles. The van der Waals surface area contributed by atoms with Crippen molar-refractivity contribution in [1.82, 2.24) is 19.7 Å². The highest BCUT2D eigenvalue weighted by Gasteiger charge is 2.01. The standard InChI is InChI=1S/C10H13N5/c1-3-15-7-9(6-13-15)14-10-8(2)11-4-5-12-10/h4-7H,3H2,1-2H3,(H,12,14). The smallest absolute Gasteiger partial charge is 0.151 e. The van der Waals surface area contributed by atoms with E-state index in [1.54, 1.807) is 18.6 Å². The van der Waals surface area contributed by atoms with Crippen molar-refractivity contribution in [1.29, 1.82) is 0 Å². The van der Waals surface area contributed by atoms with Gasteiger partial charge >= 0.3 is 0 Å². The van der Waals surface area contributed by atoms with Crippen LogP contribution >= 0.6 is 0 Å². The van der Waals surface area contributed by atoms with Gasteiger partial charge in [0.1, 0.15) is 0 Å². The van der Waals surface area contributed by atoms with Crippen molar-refractivity contribution >= 4 is 11.5 Å². The van der Waals surface area contributed by atoms with E-state index < -0.39 is 0 Å². The van der Waals surface area contributed by atoms with Crippen molar-refractivity contribution in [2.45, 2.75) is 20.4 Å². The molecule has 0 amide bonds. The Kier molecular flexibility index (Phi) is 2.62. The normalized spacial score (nSPS) is 10.3. The number of nitrogens with one attached hydrogen (secondary N) is 1. The van der Waals surface area contributed by atoms with Crippen LogP contribution in [0.15, 0.2) is 24.8 Å². The third-order valence-electron chi connectivity index (χ3n) is 2.10. The number of nitrogens with zero attached hydrogens (tertiary/aromatic N) is 4. The van der Waals surface area contributed by atoms with Crippen LogP contribution in [0.1, 0.15) is 12.6 Å². The molecule has 0 aromatic carbocycles. The maximum absolute atomic E-state index is 4.20. The first-order valence-corrected chi connectivity index (χ1v) is 4.86. The van der Waals surface area contributed by atoms with Crippen molar-refractivity contribution < 1.29 is 0 Å². The second kappa shape index (κ2) is 4.08. The molecule has 2 heterocycles. The number of aryl methyl sites for hydroxylation is 2. The fourth-order valence-electron chi connectivity index (χ4n) is 1.27. The minimum absolute atomic E-state index is 0.771. The summed E-state index contributed by atoms with van der Waals surface area (Å²) in [5, 5.41) is 7.34. The summed E-state index contributed by atoms with van der Waals surface area (Å²) >= 11 is 0. The van der Waals surface area contributed by atoms with Gasteiger partial charge in [-0.15, -0.1) is 0 Å². The summed E-state index contributed by atoms with van der Waals surface area (Å²) in [5.41, 5.74) is 1.81. The van der Waals surface area contributed by atoms with Crippen LogP contribution in [0.4, 0.5) is 11.5 Å². The SMILES string of the molecule is CCn1cc(Nc2nccnc2C)cn1. The summed E-state index contributed by atoms with van der Waals surface area (Å²) in [6.07, 6.45) is 7.06. The summed E-state index contributed by atoms with van der Waals surface area (Å²) < 4.78 is 1.86. The molecule has 0 aliphatic rings. The fraction of sp³-hybridized carbons (Fsp3) is 0.300. The minimum Gasteiger partial charge on any atom is -0.336 e. The second-order valence-corrected chi connectivity index (χ2v) is 3.20. The quantitative estimate of drug-likeness (QED) is 0.825. The van der Waals surface area contributed by atoms with E-state index in [-0.39, 0.29) is 0 Å². The molecule has 5 nitrogen and oxygen atoms in total. The molecule has 0 radical (unpaired) electrons. The molecule has 0 saturated carbocycles. The minimum atomic E-state index is 0.771. The average Bonchev–Trinajstić information content (AvgIpc) is 2.69. The molecule has 0 aliphatic carbocycles. The van der Waals surface area contributed by atoms with Crippen LogP contribution < -0.4 is 5.32 Å². The van der Waals surface area contributed by atoms with E-state index in [1.165, 1.54) is 0 Å². The molecule has 0 spiro atoms. The zero-order chi connectivity index (χ0) is 10.7. The van der Waals surface area contributed by atoms with E-state index in [9.17, 15) is 0 Å². The van der Waals surface area contributed by atoms with Gasteiger partial charge in [-0.3, -0.25) is 9.67 Å². The van der Waals surface area contributed by atoms with Crippen molar-refractivity contribution in [2.24, 2.45) is 0 Å². The number of aromatic nitrogens is 4. The van der Waals surface area contributed by atoms with Crippen LogP contribution in [0.5, 0.6) is 0 Å². The number of hydrogen-bond donors (Lipinski definition) is 1. The van der Waals surface area contributed by atoms with E-state index >= 15 is 0 Å². The van der Waals surface area contributed by atoms with Crippen LogP contribution in [0, 0.1) is 6.92 Å². The lowest BCUT2D eigenvalue weighted by Gasteiger charge is -2.03. The predicted octanol–water partition coefficient (Wildman–Crippen LogP) is 1.75. The summed E-state index contributed by atoms with van der Waals surface area (Å²) in [4.78, 5) is 8.35. The molecule has 2 aromatic rings. The van der Waals surface area contributed by atoms with Crippen LogP contribution in [-0.2, 0) is 6.54 Å². The maximum atomic E-state index is 4.20. The molecule has 0 bridgehead atoms. The molecule has 0 atom stereocenters. The average molecular weight is 203 g/mol. The molecule has 1 N–H and O–H groups in total. The van der Waals surface area contributed by atoms with E-state index in [0.29, 0.717) is 0 Å². The van der Waals surface area contributed by atoms with Crippen molar-refractivity contribution in [3.05, 3.63) is 30.5 Å². The molecular weight excluding hydrogens is 190 g/mol.